The van der Waals surface area contributed by atoms with Gasteiger partial charge in [-0.15, -0.1) is 0 Å². The Morgan fingerprint density at radius 1 is 1.10 bits per heavy atom. The van der Waals surface area contributed by atoms with Crippen molar-refractivity contribution in [3.05, 3.63) is 23.9 Å². The first-order valence-electron chi connectivity index (χ1n) is 8.18. The molecule has 0 radical (unpaired) electrons. The predicted octanol–water partition coefficient (Wildman–Crippen LogP) is 2.26. The molecule has 0 aromatic carbocycles. The highest BCUT2D eigenvalue weighted by molar-refractivity contribution is 5.42. The van der Waals surface area contributed by atoms with Crippen LogP contribution in [0.1, 0.15) is 31.2 Å². The van der Waals surface area contributed by atoms with Crippen LogP contribution in [0.5, 0.6) is 0 Å². The Labute approximate surface area is 126 Å². The van der Waals surface area contributed by atoms with Gasteiger partial charge < -0.3 is 4.90 Å². The largest absolute Gasteiger partial charge is 0.354 e. The number of aromatic nitrogens is 1. The normalized spacial score (nSPS) is 32.3. The minimum atomic E-state index is 0.638. The van der Waals surface area contributed by atoms with E-state index in [-0.39, 0.29) is 0 Å². The molecule has 110 valence electrons. The summed E-state index contributed by atoms with van der Waals surface area (Å²) in [5.74, 6) is 3.02. The summed E-state index contributed by atoms with van der Waals surface area (Å²) in [6.07, 6.45) is 7.56. The molecule has 3 atom stereocenters. The van der Waals surface area contributed by atoms with Crippen LogP contribution in [0.15, 0.2) is 18.3 Å². The lowest BCUT2D eigenvalue weighted by molar-refractivity contribution is 0.134. The fraction of sp³-hybridized carbons (Fsp3) is 0.647. The van der Waals surface area contributed by atoms with Crippen molar-refractivity contribution in [2.45, 2.75) is 31.7 Å². The van der Waals surface area contributed by atoms with Crippen molar-refractivity contribution in [1.82, 2.24) is 9.88 Å². The molecule has 1 aromatic rings. The molecule has 0 N–H and O–H groups in total. The Kier molecular flexibility index (Phi) is 3.31. The van der Waals surface area contributed by atoms with Gasteiger partial charge >= 0.3 is 0 Å². The number of nitriles is 1. The second-order valence-corrected chi connectivity index (χ2v) is 6.78. The van der Waals surface area contributed by atoms with E-state index in [1.54, 1.807) is 6.20 Å². The molecule has 4 heteroatoms. The number of anilines is 1. The summed E-state index contributed by atoms with van der Waals surface area (Å²) >= 11 is 0. The van der Waals surface area contributed by atoms with Gasteiger partial charge in [0.25, 0.3) is 0 Å². The molecule has 2 heterocycles. The van der Waals surface area contributed by atoms with Crippen molar-refractivity contribution in [2.75, 3.05) is 31.1 Å². The molecule has 3 aliphatic rings. The quantitative estimate of drug-likeness (QED) is 0.834. The highest BCUT2D eigenvalue weighted by Gasteiger charge is 2.42. The number of fused-ring (bicyclic) bond motifs is 2. The maximum Gasteiger partial charge on any atom is 0.128 e. The van der Waals surface area contributed by atoms with Gasteiger partial charge in [-0.1, -0.05) is 6.42 Å². The summed E-state index contributed by atoms with van der Waals surface area (Å²) in [5, 5.41) is 8.84. The Morgan fingerprint density at radius 2 is 1.95 bits per heavy atom. The average Bonchev–Trinajstić information content (AvgIpc) is 3.18. The Hall–Kier alpha value is -1.60. The van der Waals surface area contributed by atoms with Crippen LogP contribution in [0, 0.1) is 23.2 Å². The third kappa shape index (κ3) is 2.40. The maximum absolute atomic E-state index is 8.84. The van der Waals surface area contributed by atoms with Crippen LogP contribution in [-0.2, 0) is 0 Å². The van der Waals surface area contributed by atoms with E-state index in [0.29, 0.717) is 5.56 Å². The summed E-state index contributed by atoms with van der Waals surface area (Å²) in [4.78, 5) is 9.50. The van der Waals surface area contributed by atoms with E-state index in [9.17, 15) is 0 Å². The van der Waals surface area contributed by atoms with Gasteiger partial charge in [-0.25, -0.2) is 4.98 Å². The van der Waals surface area contributed by atoms with Crippen LogP contribution < -0.4 is 4.90 Å². The number of hydrogen-bond acceptors (Lipinski definition) is 4. The van der Waals surface area contributed by atoms with E-state index >= 15 is 0 Å². The summed E-state index contributed by atoms with van der Waals surface area (Å²) < 4.78 is 0. The molecule has 1 saturated heterocycles. The number of pyridine rings is 1. The molecule has 2 saturated carbocycles. The standard InChI is InChI=1S/C17H22N4/c18-11-14-2-4-17(19-12-14)21-7-5-20(6-8-21)16-10-13-1-3-15(16)9-13/h2,4,12-13,15-16H,1,3,5-10H2/t13-,15-,16+/m0/s1. The fourth-order valence-electron chi connectivity index (χ4n) is 4.58. The van der Waals surface area contributed by atoms with Gasteiger partial charge in [0.2, 0.25) is 0 Å². The second kappa shape index (κ2) is 5.31. The number of piperazine rings is 1. The average molecular weight is 282 g/mol. The molecule has 2 aliphatic carbocycles. The van der Waals surface area contributed by atoms with Crippen LogP contribution in [0.3, 0.4) is 0 Å². The first-order valence-corrected chi connectivity index (χ1v) is 8.18. The molecule has 3 fully saturated rings. The Morgan fingerprint density at radius 3 is 2.52 bits per heavy atom. The van der Waals surface area contributed by atoms with E-state index in [2.05, 4.69) is 20.9 Å². The topological polar surface area (TPSA) is 43.2 Å². The predicted molar refractivity (Wildman–Crippen MR) is 82.0 cm³/mol. The first kappa shape index (κ1) is 13.1. The molecule has 1 aliphatic heterocycles. The number of hydrogen-bond donors (Lipinski definition) is 0. The fourth-order valence-corrected chi connectivity index (χ4v) is 4.58. The van der Waals surface area contributed by atoms with E-state index in [1.165, 1.54) is 25.7 Å². The van der Waals surface area contributed by atoms with Gasteiger partial charge in [-0.3, -0.25) is 4.90 Å². The summed E-state index contributed by atoms with van der Waals surface area (Å²) in [6.45, 7) is 4.45. The molecule has 0 amide bonds. The molecule has 21 heavy (non-hydrogen) atoms. The minimum absolute atomic E-state index is 0.638. The van der Waals surface area contributed by atoms with Crippen molar-refractivity contribution in [1.29, 1.82) is 5.26 Å². The molecule has 1 aromatic heterocycles. The lowest BCUT2D eigenvalue weighted by atomic mass is 9.93. The van der Waals surface area contributed by atoms with Gasteiger partial charge in [-0.2, -0.15) is 5.26 Å². The number of nitrogens with zero attached hydrogens (tertiary/aromatic N) is 4. The third-order valence-electron chi connectivity index (χ3n) is 5.69. The smallest absolute Gasteiger partial charge is 0.128 e. The summed E-state index contributed by atoms with van der Waals surface area (Å²) in [7, 11) is 0. The first-order chi connectivity index (χ1) is 10.3. The SMILES string of the molecule is N#Cc1ccc(N2CCN([C@@H]3C[C@H]4CC[C@H]3C4)CC2)nc1. The lowest BCUT2D eigenvalue weighted by Gasteiger charge is -2.41. The van der Waals surface area contributed by atoms with Crippen LogP contribution in [0.4, 0.5) is 5.82 Å². The van der Waals surface area contributed by atoms with E-state index in [1.807, 2.05) is 12.1 Å². The number of rotatable bonds is 2. The highest BCUT2D eigenvalue weighted by atomic mass is 15.3. The van der Waals surface area contributed by atoms with Crippen LogP contribution in [0.25, 0.3) is 0 Å². The molecule has 0 spiro atoms. The van der Waals surface area contributed by atoms with Crippen LogP contribution >= 0.6 is 0 Å². The lowest BCUT2D eigenvalue weighted by Crippen LogP contribution is -2.52. The van der Waals surface area contributed by atoms with Crippen molar-refractivity contribution >= 4 is 5.82 Å². The second-order valence-electron chi connectivity index (χ2n) is 6.78. The van der Waals surface area contributed by atoms with Gasteiger partial charge in [-0.05, 0) is 43.2 Å². The van der Waals surface area contributed by atoms with Crippen LogP contribution in [-0.4, -0.2) is 42.1 Å². The van der Waals surface area contributed by atoms with Crippen molar-refractivity contribution < 1.29 is 0 Å². The van der Waals surface area contributed by atoms with E-state index < -0.39 is 0 Å². The van der Waals surface area contributed by atoms with E-state index in [0.717, 1.165) is 49.9 Å². The monoisotopic (exact) mass is 282 g/mol. The maximum atomic E-state index is 8.84. The highest BCUT2D eigenvalue weighted by Crippen LogP contribution is 2.46. The van der Waals surface area contributed by atoms with Gasteiger partial charge in [0.05, 0.1) is 5.56 Å². The summed E-state index contributed by atoms with van der Waals surface area (Å²) in [5.41, 5.74) is 0.638. The molecular weight excluding hydrogens is 260 g/mol. The van der Waals surface area contributed by atoms with Crippen LogP contribution in [0.2, 0.25) is 0 Å². The van der Waals surface area contributed by atoms with Gasteiger partial charge in [0.1, 0.15) is 11.9 Å². The molecular formula is C17H22N4. The molecule has 4 rings (SSSR count). The van der Waals surface area contributed by atoms with Gasteiger partial charge in [0.15, 0.2) is 0 Å². The zero-order valence-corrected chi connectivity index (χ0v) is 12.4. The summed E-state index contributed by atoms with van der Waals surface area (Å²) in [6, 6.07) is 6.83. The molecule has 2 bridgehead atoms. The van der Waals surface area contributed by atoms with Gasteiger partial charge in [0, 0.05) is 38.4 Å². The zero-order chi connectivity index (χ0) is 14.2. The minimum Gasteiger partial charge on any atom is -0.354 e. The molecule has 4 nitrogen and oxygen atoms in total. The van der Waals surface area contributed by atoms with E-state index in [4.69, 9.17) is 5.26 Å². The zero-order valence-electron chi connectivity index (χ0n) is 12.4. The molecule has 0 unspecified atom stereocenters. The Bertz CT molecular complexity index is 539. The van der Waals surface area contributed by atoms with Crippen molar-refractivity contribution in [3.8, 4) is 6.07 Å². The van der Waals surface area contributed by atoms with Crippen molar-refractivity contribution in [2.24, 2.45) is 11.8 Å². The van der Waals surface area contributed by atoms with Crippen molar-refractivity contribution in [3.63, 3.8) is 0 Å². The third-order valence-corrected chi connectivity index (χ3v) is 5.69. The Balaban J connectivity index is 1.37.